The van der Waals surface area contributed by atoms with Crippen LogP contribution in [0.4, 0.5) is 0 Å². The lowest BCUT2D eigenvalue weighted by Gasteiger charge is -2.09. The first-order valence-corrected chi connectivity index (χ1v) is 7.88. The zero-order valence-electron chi connectivity index (χ0n) is 12.7. The Hall–Kier alpha value is -2.58. The van der Waals surface area contributed by atoms with Crippen LogP contribution in [0.5, 0.6) is 0 Å². The highest BCUT2D eigenvalue weighted by Crippen LogP contribution is 2.28. The van der Waals surface area contributed by atoms with Crippen LogP contribution in [0.25, 0.3) is 27.7 Å². The van der Waals surface area contributed by atoms with Crippen LogP contribution in [0.1, 0.15) is 5.56 Å². The van der Waals surface area contributed by atoms with E-state index in [9.17, 15) is 0 Å². The van der Waals surface area contributed by atoms with E-state index < -0.39 is 0 Å². The second-order valence-electron chi connectivity index (χ2n) is 5.63. The maximum Gasteiger partial charge on any atom is 0.0668 e. The lowest BCUT2D eigenvalue weighted by molar-refractivity contribution is 1.07. The Morgan fingerprint density at radius 1 is 0.957 bits per heavy atom. The molecule has 0 saturated heterocycles. The number of hydrogen-bond donors (Lipinski definition) is 0. The molecule has 2 aromatic carbocycles. The first-order valence-electron chi connectivity index (χ1n) is 7.50. The Balaban J connectivity index is 1.85. The molecule has 0 amide bonds. The summed E-state index contributed by atoms with van der Waals surface area (Å²) in [5.74, 6) is 0. The first-order chi connectivity index (χ1) is 11.2. The Morgan fingerprint density at radius 3 is 2.65 bits per heavy atom. The van der Waals surface area contributed by atoms with E-state index in [2.05, 4.69) is 53.0 Å². The predicted molar refractivity (Wildman–Crippen MR) is 96.3 cm³/mol. The van der Waals surface area contributed by atoms with Crippen LogP contribution in [0.15, 0.2) is 73.2 Å². The summed E-state index contributed by atoms with van der Waals surface area (Å²) in [6, 6.07) is 18.6. The molecule has 2 aromatic heterocycles. The van der Waals surface area contributed by atoms with Gasteiger partial charge in [-0.3, -0.25) is 4.98 Å². The van der Waals surface area contributed by atoms with Crippen molar-refractivity contribution in [3.8, 4) is 16.8 Å². The minimum absolute atomic E-state index is 0.756. The summed E-state index contributed by atoms with van der Waals surface area (Å²) in [7, 11) is 0. The van der Waals surface area contributed by atoms with Gasteiger partial charge in [0.05, 0.1) is 17.4 Å². The Morgan fingerprint density at radius 2 is 1.83 bits per heavy atom. The monoisotopic (exact) mass is 318 g/mol. The van der Waals surface area contributed by atoms with Gasteiger partial charge in [-0.15, -0.1) is 0 Å². The number of fused-ring (bicyclic) bond motifs is 1. The highest BCUT2D eigenvalue weighted by atomic mass is 35.5. The molecule has 4 aromatic rings. The molecule has 0 N–H and O–H groups in total. The van der Waals surface area contributed by atoms with Crippen LogP contribution in [-0.2, 0) is 0 Å². The first kappa shape index (κ1) is 14.0. The number of halogens is 1. The van der Waals surface area contributed by atoms with Gasteiger partial charge >= 0.3 is 0 Å². The summed E-state index contributed by atoms with van der Waals surface area (Å²) in [5, 5.41) is 1.96. The molecule has 2 nitrogen and oxygen atoms in total. The van der Waals surface area contributed by atoms with Gasteiger partial charge in [0.2, 0.25) is 0 Å². The highest BCUT2D eigenvalue weighted by Gasteiger charge is 2.07. The lowest BCUT2D eigenvalue weighted by atomic mass is 10.0. The van der Waals surface area contributed by atoms with Gasteiger partial charge in [0.25, 0.3) is 0 Å². The Bertz CT molecular complexity index is 1000. The van der Waals surface area contributed by atoms with Crippen molar-refractivity contribution in [2.45, 2.75) is 6.92 Å². The molecule has 3 heteroatoms. The van der Waals surface area contributed by atoms with E-state index in [4.69, 9.17) is 11.6 Å². The molecule has 112 valence electrons. The lowest BCUT2D eigenvalue weighted by Crippen LogP contribution is -1.95. The molecule has 0 aliphatic heterocycles. The van der Waals surface area contributed by atoms with Crippen LogP contribution in [-0.4, -0.2) is 9.55 Å². The van der Waals surface area contributed by atoms with Gasteiger partial charge in [-0.05, 0) is 60.0 Å². The van der Waals surface area contributed by atoms with Gasteiger partial charge in [-0.2, -0.15) is 0 Å². The molecular formula is C20H15ClN2. The van der Waals surface area contributed by atoms with Crippen molar-refractivity contribution in [3.63, 3.8) is 0 Å². The van der Waals surface area contributed by atoms with Crippen molar-refractivity contribution in [1.29, 1.82) is 0 Å². The maximum absolute atomic E-state index is 6.10. The van der Waals surface area contributed by atoms with E-state index in [1.54, 1.807) is 0 Å². The van der Waals surface area contributed by atoms with E-state index >= 15 is 0 Å². The average Bonchev–Trinajstić information content (AvgIpc) is 2.98. The fourth-order valence-electron chi connectivity index (χ4n) is 2.91. The molecule has 0 unspecified atom stereocenters. The molecule has 0 radical (unpaired) electrons. The van der Waals surface area contributed by atoms with Crippen molar-refractivity contribution >= 4 is 22.5 Å². The number of aryl methyl sites for hydroxylation is 1. The number of rotatable bonds is 2. The normalized spacial score (nSPS) is 11.0. The summed E-state index contributed by atoms with van der Waals surface area (Å²) < 4.78 is 2.18. The van der Waals surface area contributed by atoms with Gasteiger partial charge in [0.1, 0.15) is 0 Å². The molecule has 0 fully saturated rings. The largest absolute Gasteiger partial charge is 0.315 e. The number of benzene rings is 2. The summed E-state index contributed by atoms with van der Waals surface area (Å²) in [5.41, 5.74) is 5.78. The minimum Gasteiger partial charge on any atom is -0.315 e. The SMILES string of the molecule is Cc1ccncc1-n1ccc2cc(-c3cccc(Cl)c3)ccc21. The maximum atomic E-state index is 6.10. The topological polar surface area (TPSA) is 17.8 Å². The molecule has 0 saturated carbocycles. The quantitative estimate of drug-likeness (QED) is 0.466. The molecule has 4 rings (SSSR count). The molecule has 0 spiro atoms. The summed E-state index contributed by atoms with van der Waals surface area (Å²) in [6.07, 6.45) is 5.82. The van der Waals surface area contributed by atoms with Crippen molar-refractivity contribution in [2.24, 2.45) is 0 Å². The third-order valence-corrected chi connectivity index (χ3v) is 4.35. The van der Waals surface area contributed by atoms with Crippen molar-refractivity contribution < 1.29 is 0 Å². The standard InChI is InChI=1S/C20H15ClN2/c1-14-7-9-22-13-20(14)23-10-8-17-11-16(5-6-19(17)23)15-3-2-4-18(21)12-15/h2-13H,1H3. The average molecular weight is 319 g/mol. The van der Waals surface area contributed by atoms with Gasteiger partial charge < -0.3 is 4.57 Å². The Kier molecular flexibility index (Phi) is 3.40. The zero-order valence-corrected chi connectivity index (χ0v) is 13.5. The van der Waals surface area contributed by atoms with Crippen molar-refractivity contribution in [2.75, 3.05) is 0 Å². The van der Waals surface area contributed by atoms with Crippen molar-refractivity contribution in [1.82, 2.24) is 9.55 Å². The number of pyridine rings is 1. The van der Waals surface area contributed by atoms with E-state index in [0.717, 1.165) is 16.3 Å². The smallest absolute Gasteiger partial charge is 0.0668 e. The molecule has 0 aliphatic rings. The highest BCUT2D eigenvalue weighted by molar-refractivity contribution is 6.30. The molecular weight excluding hydrogens is 304 g/mol. The number of hydrogen-bond acceptors (Lipinski definition) is 1. The Labute approximate surface area is 140 Å². The third kappa shape index (κ3) is 2.51. The molecule has 0 bridgehead atoms. The second kappa shape index (κ2) is 5.56. The third-order valence-electron chi connectivity index (χ3n) is 4.12. The van der Waals surface area contributed by atoms with Gasteiger partial charge in [-0.25, -0.2) is 0 Å². The summed E-state index contributed by atoms with van der Waals surface area (Å²) in [4.78, 5) is 4.25. The van der Waals surface area contributed by atoms with E-state index in [0.29, 0.717) is 0 Å². The fraction of sp³-hybridized carbons (Fsp3) is 0.0500. The molecule has 23 heavy (non-hydrogen) atoms. The summed E-state index contributed by atoms with van der Waals surface area (Å²) >= 11 is 6.10. The fourth-order valence-corrected chi connectivity index (χ4v) is 3.10. The summed E-state index contributed by atoms with van der Waals surface area (Å²) in [6.45, 7) is 2.10. The van der Waals surface area contributed by atoms with E-state index in [1.807, 2.05) is 36.7 Å². The molecule has 0 atom stereocenters. The predicted octanol–water partition coefficient (Wildman–Crippen LogP) is 5.65. The molecule has 0 aliphatic carbocycles. The molecule has 2 heterocycles. The van der Waals surface area contributed by atoms with Crippen LogP contribution < -0.4 is 0 Å². The number of aromatic nitrogens is 2. The van der Waals surface area contributed by atoms with Gasteiger partial charge in [-0.1, -0.05) is 29.8 Å². The van der Waals surface area contributed by atoms with Crippen LogP contribution in [0, 0.1) is 6.92 Å². The van der Waals surface area contributed by atoms with E-state index in [1.165, 1.54) is 22.0 Å². The minimum atomic E-state index is 0.756. The van der Waals surface area contributed by atoms with E-state index in [-0.39, 0.29) is 0 Å². The van der Waals surface area contributed by atoms with Crippen LogP contribution in [0.3, 0.4) is 0 Å². The second-order valence-corrected chi connectivity index (χ2v) is 6.07. The number of nitrogens with zero attached hydrogens (tertiary/aromatic N) is 2. The van der Waals surface area contributed by atoms with Crippen LogP contribution >= 0.6 is 11.6 Å². The van der Waals surface area contributed by atoms with Crippen molar-refractivity contribution in [3.05, 3.63) is 83.8 Å². The van der Waals surface area contributed by atoms with Gasteiger partial charge in [0, 0.05) is 22.8 Å². The zero-order chi connectivity index (χ0) is 15.8. The van der Waals surface area contributed by atoms with Gasteiger partial charge in [0.15, 0.2) is 0 Å². The van der Waals surface area contributed by atoms with Crippen LogP contribution in [0.2, 0.25) is 5.02 Å².